The summed E-state index contributed by atoms with van der Waals surface area (Å²) in [6.45, 7) is 3.43. The van der Waals surface area contributed by atoms with Crippen LogP contribution in [-0.2, 0) is 14.3 Å². The van der Waals surface area contributed by atoms with E-state index in [0.717, 1.165) is 17.1 Å². The number of amides is 3. The Morgan fingerprint density at radius 1 is 1.12 bits per heavy atom. The summed E-state index contributed by atoms with van der Waals surface area (Å²) in [5.41, 5.74) is 0.776. The van der Waals surface area contributed by atoms with Gasteiger partial charge in [-0.15, -0.1) is 11.8 Å². The molecule has 0 radical (unpaired) electrons. The second-order valence-electron chi connectivity index (χ2n) is 4.90. The summed E-state index contributed by atoms with van der Waals surface area (Å²) in [7, 11) is 2.35. The fraction of sp³-hybridized carbons (Fsp3) is 0.375. The molecule has 26 heavy (non-hydrogen) atoms. The zero-order valence-electron chi connectivity index (χ0n) is 15.0. The molecule has 0 saturated heterocycles. The second-order valence-corrected chi connectivity index (χ2v) is 6.07. The third kappa shape index (κ3) is 7.43. The summed E-state index contributed by atoms with van der Waals surface area (Å²) in [6.07, 6.45) is -0.647. The van der Waals surface area contributed by atoms with Crippen LogP contribution < -0.4 is 16.0 Å². The molecule has 10 heteroatoms. The maximum absolute atomic E-state index is 11.5. The van der Waals surface area contributed by atoms with E-state index in [9.17, 15) is 14.4 Å². The van der Waals surface area contributed by atoms with Crippen molar-refractivity contribution in [1.82, 2.24) is 10.6 Å². The lowest BCUT2D eigenvalue weighted by atomic mass is 10.2. The average molecular weight is 382 g/mol. The van der Waals surface area contributed by atoms with E-state index in [1.165, 1.54) is 21.1 Å². The lowest BCUT2D eigenvalue weighted by molar-refractivity contribution is -0.114. The van der Waals surface area contributed by atoms with E-state index in [1.807, 2.05) is 6.07 Å². The number of hydrogen-bond acceptors (Lipinski definition) is 7. The monoisotopic (exact) mass is 382 g/mol. The van der Waals surface area contributed by atoms with Gasteiger partial charge >= 0.3 is 12.2 Å². The molecule has 0 aliphatic heterocycles. The van der Waals surface area contributed by atoms with E-state index in [2.05, 4.69) is 37.3 Å². The maximum atomic E-state index is 11.5. The van der Waals surface area contributed by atoms with Crippen LogP contribution in [0, 0.1) is 0 Å². The molecule has 0 bridgehead atoms. The number of benzene rings is 1. The lowest BCUT2D eigenvalue weighted by Crippen LogP contribution is -2.43. The van der Waals surface area contributed by atoms with Gasteiger partial charge in [-0.3, -0.25) is 15.4 Å². The summed E-state index contributed by atoms with van der Waals surface area (Å²) < 4.78 is 9.02. The normalized spacial score (nSPS) is 9.69. The molecule has 3 amide bonds. The molecule has 0 unspecified atom stereocenters. The van der Waals surface area contributed by atoms with Crippen LogP contribution in [0.2, 0.25) is 0 Å². The zero-order chi connectivity index (χ0) is 19.5. The van der Waals surface area contributed by atoms with Crippen LogP contribution in [0.4, 0.5) is 21.0 Å². The SMILES string of the molecule is CCCSc1ccc(NC(C)=O)c(N=C(NC(=O)OC)NC(=O)OC)c1. The Kier molecular flexibility index (Phi) is 8.99. The Morgan fingerprint density at radius 3 is 2.23 bits per heavy atom. The van der Waals surface area contributed by atoms with Crippen molar-refractivity contribution in [3.05, 3.63) is 18.2 Å². The molecular formula is C16H22N4O5S. The Balaban J connectivity index is 3.27. The number of alkyl carbamates (subject to hydrolysis) is 2. The van der Waals surface area contributed by atoms with Crippen molar-refractivity contribution >= 4 is 47.2 Å². The van der Waals surface area contributed by atoms with Crippen molar-refractivity contribution in [2.24, 2.45) is 4.99 Å². The molecule has 0 fully saturated rings. The van der Waals surface area contributed by atoms with Gasteiger partial charge in [-0.25, -0.2) is 14.6 Å². The molecule has 0 heterocycles. The Morgan fingerprint density at radius 2 is 1.73 bits per heavy atom. The number of methoxy groups -OCH3 is 2. The molecule has 0 atom stereocenters. The highest BCUT2D eigenvalue weighted by Crippen LogP contribution is 2.31. The largest absolute Gasteiger partial charge is 0.453 e. The van der Waals surface area contributed by atoms with Crippen molar-refractivity contribution in [2.45, 2.75) is 25.2 Å². The second kappa shape index (κ2) is 11.0. The lowest BCUT2D eigenvalue weighted by Gasteiger charge is -2.12. The molecule has 1 rings (SSSR count). The van der Waals surface area contributed by atoms with Gasteiger partial charge in [-0.1, -0.05) is 6.92 Å². The van der Waals surface area contributed by atoms with E-state index in [-0.39, 0.29) is 11.9 Å². The summed E-state index contributed by atoms with van der Waals surface area (Å²) in [5.74, 6) is 0.433. The van der Waals surface area contributed by atoms with Gasteiger partial charge in [0.05, 0.1) is 25.6 Å². The first-order valence-corrected chi connectivity index (χ1v) is 8.71. The van der Waals surface area contributed by atoms with Gasteiger partial charge < -0.3 is 14.8 Å². The number of carbonyl (C=O) groups excluding carboxylic acids is 3. The topological polar surface area (TPSA) is 118 Å². The minimum Gasteiger partial charge on any atom is -0.453 e. The minimum atomic E-state index is -0.822. The smallest absolute Gasteiger partial charge is 0.413 e. The molecule has 0 spiro atoms. The molecule has 0 aliphatic rings. The zero-order valence-corrected chi connectivity index (χ0v) is 15.9. The van der Waals surface area contributed by atoms with Crippen LogP contribution in [0.15, 0.2) is 28.1 Å². The minimum absolute atomic E-state index is 0.201. The van der Waals surface area contributed by atoms with Crippen LogP contribution >= 0.6 is 11.8 Å². The average Bonchev–Trinajstić information content (AvgIpc) is 2.60. The fourth-order valence-corrected chi connectivity index (χ4v) is 2.51. The van der Waals surface area contributed by atoms with Gasteiger partial charge in [0.25, 0.3) is 0 Å². The van der Waals surface area contributed by atoms with Crippen molar-refractivity contribution in [1.29, 1.82) is 0 Å². The predicted octanol–water partition coefficient (Wildman–Crippen LogP) is 2.85. The third-order valence-corrected chi connectivity index (χ3v) is 4.00. The van der Waals surface area contributed by atoms with Gasteiger partial charge in [0, 0.05) is 11.8 Å². The molecule has 0 aliphatic carbocycles. The molecule has 9 nitrogen and oxygen atoms in total. The molecule has 1 aromatic rings. The Hall–Kier alpha value is -2.75. The summed E-state index contributed by atoms with van der Waals surface area (Å²) >= 11 is 1.62. The molecule has 0 aromatic heterocycles. The number of aliphatic imine (C=N–C) groups is 1. The molecule has 0 saturated carbocycles. The number of ether oxygens (including phenoxy) is 2. The highest BCUT2D eigenvalue weighted by atomic mass is 32.2. The Labute approximate surface area is 155 Å². The van der Waals surface area contributed by atoms with Crippen LogP contribution in [0.3, 0.4) is 0 Å². The van der Waals surface area contributed by atoms with Gasteiger partial charge in [0.1, 0.15) is 0 Å². The van der Waals surface area contributed by atoms with Crippen LogP contribution in [-0.4, -0.2) is 44.0 Å². The highest BCUT2D eigenvalue weighted by Gasteiger charge is 2.13. The van der Waals surface area contributed by atoms with Gasteiger partial charge in [-0.2, -0.15) is 0 Å². The molecule has 1 aromatic carbocycles. The van der Waals surface area contributed by atoms with E-state index in [1.54, 1.807) is 23.9 Å². The quantitative estimate of drug-likeness (QED) is 0.409. The number of rotatable bonds is 5. The number of hydrogen-bond donors (Lipinski definition) is 3. The highest BCUT2D eigenvalue weighted by molar-refractivity contribution is 7.99. The van der Waals surface area contributed by atoms with Crippen molar-refractivity contribution in [3.63, 3.8) is 0 Å². The standard InChI is InChI=1S/C16H22N4O5S/c1-5-8-26-11-6-7-12(17-10(2)21)13(9-11)18-14(19-15(22)24-3)20-16(23)25-4/h6-7,9H,5,8H2,1-4H3,(H,17,21)(H2,18,19,20,22,23). The van der Waals surface area contributed by atoms with E-state index in [4.69, 9.17) is 0 Å². The first-order chi connectivity index (χ1) is 12.4. The van der Waals surface area contributed by atoms with Crippen LogP contribution in [0.5, 0.6) is 0 Å². The first-order valence-electron chi connectivity index (χ1n) is 7.72. The van der Waals surface area contributed by atoms with Crippen molar-refractivity contribution in [2.75, 3.05) is 25.3 Å². The Bertz CT molecular complexity index is 673. The summed E-state index contributed by atoms with van der Waals surface area (Å²) in [6, 6.07) is 5.29. The van der Waals surface area contributed by atoms with Crippen molar-refractivity contribution < 1.29 is 23.9 Å². The van der Waals surface area contributed by atoms with Crippen LogP contribution in [0.1, 0.15) is 20.3 Å². The number of carbonyl (C=O) groups is 3. The molecule has 3 N–H and O–H groups in total. The van der Waals surface area contributed by atoms with Crippen molar-refractivity contribution in [3.8, 4) is 0 Å². The summed E-state index contributed by atoms with van der Waals surface area (Å²) in [5, 5.41) is 7.22. The number of nitrogens with zero attached hydrogens (tertiary/aromatic N) is 1. The first kappa shape index (κ1) is 21.3. The van der Waals surface area contributed by atoms with Gasteiger partial charge in [0.2, 0.25) is 11.9 Å². The fourth-order valence-electron chi connectivity index (χ4n) is 1.71. The van der Waals surface area contributed by atoms with Gasteiger partial charge in [0.15, 0.2) is 0 Å². The number of guanidine groups is 1. The number of anilines is 1. The molecule has 142 valence electrons. The summed E-state index contributed by atoms with van der Waals surface area (Å²) in [4.78, 5) is 39.5. The molecular weight excluding hydrogens is 360 g/mol. The third-order valence-electron chi connectivity index (χ3n) is 2.80. The van der Waals surface area contributed by atoms with E-state index < -0.39 is 12.2 Å². The maximum Gasteiger partial charge on any atom is 0.413 e. The number of thioether (sulfide) groups is 1. The van der Waals surface area contributed by atoms with Gasteiger partial charge in [-0.05, 0) is 30.4 Å². The number of nitrogens with one attached hydrogen (secondary N) is 3. The van der Waals surface area contributed by atoms with E-state index >= 15 is 0 Å². The van der Waals surface area contributed by atoms with E-state index in [0.29, 0.717) is 11.4 Å². The van der Waals surface area contributed by atoms with Crippen LogP contribution in [0.25, 0.3) is 0 Å². The predicted molar refractivity (Wildman–Crippen MR) is 99.9 cm³/mol.